The lowest BCUT2D eigenvalue weighted by Crippen LogP contribution is -2.40. The van der Waals surface area contributed by atoms with Gasteiger partial charge in [0.1, 0.15) is 35.5 Å². The van der Waals surface area contributed by atoms with Crippen LogP contribution in [0.25, 0.3) is 22.2 Å². The van der Waals surface area contributed by atoms with Crippen LogP contribution >= 0.6 is 11.6 Å². The number of carbonyl (C=O) groups is 1. The van der Waals surface area contributed by atoms with Crippen LogP contribution in [0.3, 0.4) is 0 Å². The van der Waals surface area contributed by atoms with Gasteiger partial charge in [-0.05, 0) is 60.0 Å². The third-order valence-corrected chi connectivity index (χ3v) is 6.92. The topological polar surface area (TPSA) is 55.1 Å². The van der Waals surface area contributed by atoms with Crippen molar-refractivity contribution in [3.8, 4) is 11.3 Å². The van der Waals surface area contributed by atoms with E-state index in [1.807, 2.05) is 45.7 Å². The van der Waals surface area contributed by atoms with Crippen molar-refractivity contribution >= 4 is 39.9 Å². The van der Waals surface area contributed by atoms with Crippen molar-refractivity contribution in [3.05, 3.63) is 101 Å². The molecule has 0 bridgehead atoms. The highest BCUT2D eigenvalue weighted by atomic mass is 35.5. The molecule has 9 heteroatoms. The van der Waals surface area contributed by atoms with Gasteiger partial charge < -0.3 is 19.4 Å². The molecule has 37 heavy (non-hydrogen) atoms. The summed E-state index contributed by atoms with van der Waals surface area (Å²) in [5.74, 6) is 0.437. The number of carbonyl (C=O) groups excluding carboxylic acids is 1. The first-order valence-electron chi connectivity index (χ1n) is 11.9. The Morgan fingerprint density at radius 1 is 1.00 bits per heavy atom. The molecule has 6 rings (SSSR count). The predicted molar refractivity (Wildman–Crippen MR) is 140 cm³/mol. The van der Waals surface area contributed by atoms with Gasteiger partial charge in [0, 0.05) is 36.1 Å². The van der Waals surface area contributed by atoms with Crippen LogP contribution in [0.5, 0.6) is 0 Å². The molecular formula is C28H22ClF2N5O. The van der Waals surface area contributed by atoms with Crippen LogP contribution < -0.4 is 5.32 Å². The monoisotopic (exact) mass is 517 g/mol. The molecule has 0 aliphatic carbocycles. The molecule has 0 unspecified atom stereocenters. The molecule has 1 aliphatic heterocycles. The fourth-order valence-electron chi connectivity index (χ4n) is 4.71. The third kappa shape index (κ3) is 4.44. The van der Waals surface area contributed by atoms with Crippen molar-refractivity contribution in [2.75, 3.05) is 11.9 Å². The number of hydrogen-bond acceptors (Lipinski definition) is 3. The number of nitrogens with zero attached hydrogens (tertiary/aromatic N) is 4. The van der Waals surface area contributed by atoms with Gasteiger partial charge in [-0.25, -0.2) is 13.8 Å². The minimum absolute atomic E-state index is 0.00628. The van der Waals surface area contributed by atoms with Crippen molar-refractivity contribution in [2.24, 2.45) is 0 Å². The Hall–Kier alpha value is -4.17. The fraction of sp³-hybridized carbons (Fsp3) is 0.143. The van der Waals surface area contributed by atoms with Crippen LogP contribution in [0.4, 0.5) is 20.3 Å². The van der Waals surface area contributed by atoms with Crippen molar-refractivity contribution < 1.29 is 13.6 Å². The molecular weight excluding hydrogens is 496 g/mol. The van der Waals surface area contributed by atoms with Crippen LogP contribution in [-0.4, -0.2) is 31.5 Å². The van der Waals surface area contributed by atoms with Gasteiger partial charge in [-0.2, -0.15) is 0 Å². The number of amides is 1. The maximum absolute atomic E-state index is 14.1. The first kappa shape index (κ1) is 23.2. The van der Waals surface area contributed by atoms with Crippen LogP contribution in [0.1, 0.15) is 5.82 Å². The summed E-state index contributed by atoms with van der Waals surface area (Å²) in [5, 5.41) is 4.38. The van der Waals surface area contributed by atoms with Gasteiger partial charge >= 0.3 is 0 Å². The molecule has 0 fully saturated rings. The molecule has 6 nitrogen and oxygen atoms in total. The van der Waals surface area contributed by atoms with Gasteiger partial charge in [-0.3, -0.25) is 4.79 Å². The summed E-state index contributed by atoms with van der Waals surface area (Å²) >= 11 is 5.85. The molecule has 1 amide bonds. The van der Waals surface area contributed by atoms with Crippen LogP contribution in [0.2, 0.25) is 5.02 Å². The van der Waals surface area contributed by atoms with Gasteiger partial charge in [0.05, 0.1) is 11.6 Å². The van der Waals surface area contributed by atoms with Gasteiger partial charge in [-0.1, -0.05) is 29.8 Å². The Bertz CT molecular complexity index is 1630. The van der Waals surface area contributed by atoms with E-state index in [9.17, 15) is 13.6 Å². The van der Waals surface area contributed by atoms with E-state index < -0.39 is 5.82 Å². The molecule has 1 aliphatic rings. The van der Waals surface area contributed by atoms with Crippen LogP contribution in [0.15, 0.2) is 79.0 Å². The summed E-state index contributed by atoms with van der Waals surface area (Å²) in [6.07, 6.45) is 1.92. The van der Waals surface area contributed by atoms with Gasteiger partial charge in [0.15, 0.2) is 0 Å². The van der Waals surface area contributed by atoms with E-state index in [4.69, 9.17) is 16.6 Å². The highest BCUT2D eigenvalue weighted by Crippen LogP contribution is 2.34. The maximum atomic E-state index is 14.1. The van der Waals surface area contributed by atoms with Crippen LogP contribution in [0, 0.1) is 11.6 Å². The molecule has 0 saturated heterocycles. The maximum Gasteiger partial charge on any atom is 0.242 e. The van der Waals surface area contributed by atoms with Crippen molar-refractivity contribution in [1.82, 2.24) is 19.0 Å². The highest BCUT2D eigenvalue weighted by Gasteiger charge is 2.27. The predicted octanol–water partition coefficient (Wildman–Crippen LogP) is 6.22. The molecule has 3 aromatic carbocycles. The zero-order chi connectivity index (χ0) is 25.5. The first-order valence-corrected chi connectivity index (χ1v) is 12.2. The number of para-hydroxylation sites is 1. The Kier molecular flexibility index (Phi) is 5.88. The number of fused-ring (bicyclic) bond motifs is 2. The van der Waals surface area contributed by atoms with E-state index >= 15 is 0 Å². The minimum atomic E-state index is -0.539. The molecule has 2 aromatic heterocycles. The average molecular weight is 518 g/mol. The number of halogens is 3. The average Bonchev–Trinajstić information content (AvgIpc) is 3.48. The molecule has 5 aromatic rings. The number of benzene rings is 3. The molecule has 186 valence electrons. The Labute approximate surface area is 216 Å². The third-order valence-electron chi connectivity index (χ3n) is 6.61. The molecule has 3 heterocycles. The van der Waals surface area contributed by atoms with E-state index in [-0.39, 0.29) is 23.3 Å². The lowest BCUT2D eigenvalue weighted by Gasteiger charge is -2.29. The van der Waals surface area contributed by atoms with Crippen molar-refractivity contribution in [3.63, 3.8) is 0 Å². The molecule has 0 atom stereocenters. The van der Waals surface area contributed by atoms with E-state index in [2.05, 4.69) is 5.32 Å². The first-order chi connectivity index (χ1) is 18.0. The number of nitrogens with one attached hydrogen (secondary N) is 1. The van der Waals surface area contributed by atoms with E-state index in [1.165, 1.54) is 24.3 Å². The molecule has 0 radical (unpaired) electrons. The van der Waals surface area contributed by atoms with Crippen molar-refractivity contribution in [2.45, 2.75) is 19.6 Å². The van der Waals surface area contributed by atoms with E-state index in [1.54, 1.807) is 23.1 Å². The second kappa shape index (κ2) is 9.37. The summed E-state index contributed by atoms with van der Waals surface area (Å²) in [5.41, 5.74) is 2.81. The van der Waals surface area contributed by atoms with Gasteiger partial charge in [0.2, 0.25) is 5.91 Å². The number of rotatable bonds is 5. The summed E-state index contributed by atoms with van der Waals surface area (Å²) in [4.78, 5) is 19.8. The molecule has 0 spiro atoms. The number of aromatic nitrogens is 3. The quantitative estimate of drug-likeness (QED) is 0.301. The zero-order valence-corrected chi connectivity index (χ0v) is 20.4. The zero-order valence-electron chi connectivity index (χ0n) is 19.7. The lowest BCUT2D eigenvalue weighted by atomic mass is 10.1. The summed E-state index contributed by atoms with van der Waals surface area (Å²) < 4.78 is 31.7. The summed E-state index contributed by atoms with van der Waals surface area (Å²) in [7, 11) is 0. The number of hydrogen-bond donors (Lipinski definition) is 1. The van der Waals surface area contributed by atoms with Crippen molar-refractivity contribution in [1.29, 1.82) is 0 Å². The smallest absolute Gasteiger partial charge is 0.242 e. The second-order valence-corrected chi connectivity index (χ2v) is 9.36. The number of imidazole rings is 1. The lowest BCUT2D eigenvalue weighted by molar-refractivity contribution is -0.133. The fourth-order valence-corrected chi connectivity index (χ4v) is 4.83. The Morgan fingerprint density at radius 3 is 2.62 bits per heavy atom. The molecule has 0 saturated carbocycles. The molecule has 1 N–H and O–H groups in total. The SMILES string of the molecule is O=C(Cn1ccc2ccccc21)N1CCn2c(nc(-c3ccc(F)cc3)c2Nc2ccc(Cl)c(F)c2)C1. The Balaban J connectivity index is 1.31. The minimum Gasteiger partial charge on any atom is -0.340 e. The highest BCUT2D eigenvalue weighted by molar-refractivity contribution is 6.30. The van der Waals surface area contributed by atoms with Crippen LogP contribution in [-0.2, 0) is 24.4 Å². The normalized spacial score (nSPS) is 13.1. The Morgan fingerprint density at radius 2 is 1.81 bits per heavy atom. The summed E-state index contributed by atoms with van der Waals surface area (Å²) in [6, 6.07) is 20.5. The number of anilines is 2. The summed E-state index contributed by atoms with van der Waals surface area (Å²) in [6.45, 7) is 1.55. The second-order valence-electron chi connectivity index (χ2n) is 8.96. The largest absolute Gasteiger partial charge is 0.340 e. The van der Waals surface area contributed by atoms with E-state index in [0.717, 1.165) is 10.9 Å². The van der Waals surface area contributed by atoms with E-state index in [0.29, 0.717) is 48.2 Å². The van der Waals surface area contributed by atoms with Gasteiger partial charge in [0.25, 0.3) is 0 Å². The van der Waals surface area contributed by atoms with Gasteiger partial charge in [-0.15, -0.1) is 0 Å². The standard InChI is InChI=1S/C28H22ClF2N5O/c29-22-10-9-21(15-23(22)31)32-28-27(19-5-7-20(30)8-6-19)33-25-16-35(13-14-36(25)28)26(37)17-34-12-11-18-3-1-2-4-24(18)34/h1-12,15,32H,13-14,16-17H2.